The van der Waals surface area contributed by atoms with Crippen LogP contribution in [0, 0.1) is 0 Å². The zero-order chi connectivity index (χ0) is 13.4. The molecule has 0 saturated carbocycles. The summed E-state index contributed by atoms with van der Waals surface area (Å²) in [5.41, 5.74) is 0. The standard InChI is InChI=1S/C14H23BrO2Si/c1-4-5-6-7-12-16-18(2,3)17-14-10-8-13(15)9-11-14/h8-11H,4-7,12H2,1-3H3. The SMILES string of the molecule is CCCCCCO[Si](C)(C)Oc1ccc(Br)cc1. The normalized spacial score (nSPS) is 11.6. The molecule has 1 aromatic rings. The molecule has 2 nitrogen and oxygen atoms in total. The topological polar surface area (TPSA) is 18.5 Å². The maximum atomic E-state index is 5.96. The molecule has 0 unspecified atom stereocenters. The van der Waals surface area contributed by atoms with Crippen molar-refractivity contribution < 1.29 is 8.85 Å². The third kappa shape index (κ3) is 6.57. The van der Waals surface area contributed by atoms with Gasteiger partial charge in [-0.15, -0.1) is 0 Å². The van der Waals surface area contributed by atoms with Crippen molar-refractivity contribution in [2.24, 2.45) is 0 Å². The average molecular weight is 331 g/mol. The Labute approximate surface area is 120 Å². The van der Waals surface area contributed by atoms with Crippen LogP contribution < -0.4 is 4.43 Å². The van der Waals surface area contributed by atoms with Crippen LogP contribution in [0.3, 0.4) is 0 Å². The summed E-state index contributed by atoms with van der Waals surface area (Å²) in [6, 6.07) is 7.92. The maximum Gasteiger partial charge on any atom is 0.392 e. The summed E-state index contributed by atoms with van der Waals surface area (Å²) in [5.74, 6) is 0.892. The number of hydrogen-bond donors (Lipinski definition) is 0. The highest BCUT2D eigenvalue weighted by Gasteiger charge is 2.26. The van der Waals surface area contributed by atoms with Crippen LogP contribution >= 0.6 is 15.9 Å². The quantitative estimate of drug-likeness (QED) is 0.486. The second kappa shape index (κ2) is 7.97. The highest BCUT2D eigenvalue weighted by molar-refractivity contribution is 9.10. The van der Waals surface area contributed by atoms with Crippen LogP contribution in [-0.2, 0) is 4.43 Å². The zero-order valence-electron chi connectivity index (χ0n) is 11.5. The van der Waals surface area contributed by atoms with Crippen molar-refractivity contribution in [3.63, 3.8) is 0 Å². The Morgan fingerprint density at radius 1 is 1.06 bits per heavy atom. The zero-order valence-corrected chi connectivity index (χ0v) is 14.1. The average Bonchev–Trinajstić information content (AvgIpc) is 2.31. The van der Waals surface area contributed by atoms with E-state index in [-0.39, 0.29) is 0 Å². The van der Waals surface area contributed by atoms with Crippen molar-refractivity contribution in [3.8, 4) is 5.75 Å². The second-order valence-corrected chi connectivity index (χ2v) is 9.07. The fourth-order valence-corrected chi connectivity index (χ4v) is 3.33. The molecule has 1 aromatic carbocycles. The van der Waals surface area contributed by atoms with Gasteiger partial charge in [-0.25, -0.2) is 0 Å². The Bertz CT molecular complexity index is 338. The summed E-state index contributed by atoms with van der Waals surface area (Å²) < 4.78 is 12.9. The minimum atomic E-state index is -2.04. The number of benzene rings is 1. The van der Waals surface area contributed by atoms with E-state index in [4.69, 9.17) is 8.85 Å². The first-order valence-electron chi connectivity index (χ1n) is 6.62. The van der Waals surface area contributed by atoms with Gasteiger partial charge in [-0.2, -0.15) is 0 Å². The molecular formula is C14H23BrO2Si. The van der Waals surface area contributed by atoms with Crippen molar-refractivity contribution in [2.75, 3.05) is 6.61 Å². The predicted molar refractivity (Wildman–Crippen MR) is 82.3 cm³/mol. The number of halogens is 1. The molecule has 0 atom stereocenters. The van der Waals surface area contributed by atoms with E-state index in [0.717, 1.165) is 23.2 Å². The number of rotatable bonds is 8. The highest BCUT2D eigenvalue weighted by atomic mass is 79.9. The largest absolute Gasteiger partial charge is 0.520 e. The lowest BCUT2D eigenvalue weighted by molar-refractivity contribution is 0.241. The molecular weight excluding hydrogens is 308 g/mol. The monoisotopic (exact) mass is 330 g/mol. The first-order valence-corrected chi connectivity index (χ1v) is 10.2. The van der Waals surface area contributed by atoms with Gasteiger partial charge in [-0.3, -0.25) is 0 Å². The van der Waals surface area contributed by atoms with Crippen molar-refractivity contribution in [3.05, 3.63) is 28.7 Å². The van der Waals surface area contributed by atoms with E-state index >= 15 is 0 Å². The molecule has 0 aliphatic rings. The number of unbranched alkanes of at least 4 members (excludes halogenated alkanes) is 3. The molecule has 0 aliphatic carbocycles. The van der Waals surface area contributed by atoms with Crippen LogP contribution in [0.15, 0.2) is 28.7 Å². The smallest absolute Gasteiger partial charge is 0.392 e. The summed E-state index contributed by atoms with van der Waals surface area (Å²) in [4.78, 5) is 0. The van der Waals surface area contributed by atoms with Crippen LogP contribution in [0.4, 0.5) is 0 Å². The second-order valence-electron chi connectivity index (χ2n) is 4.86. The van der Waals surface area contributed by atoms with Crippen molar-refractivity contribution >= 4 is 24.5 Å². The molecule has 0 heterocycles. The fourth-order valence-electron chi connectivity index (χ4n) is 1.66. The molecule has 102 valence electrons. The first-order chi connectivity index (χ1) is 8.53. The van der Waals surface area contributed by atoms with Crippen molar-refractivity contribution in [1.29, 1.82) is 0 Å². The maximum absolute atomic E-state index is 5.96. The van der Waals surface area contributed by atoms with Crippen molar-refractivity contribution in [2.45, 2.75) is 45.7 Å². The van der Waals surface area contributed by atoms with E-state index < -0.39 is 8.56 Å². The minimum Gasteiger partial charge on any atom is -0.520 e. The van der Waals surface area contributed by atoms with Crippen LogP contribution in [0.2, 0.25) is 13.1 Å². The summed E-state index contributed by atoms with van der Waals surface area (Å²) in [6.45, 7) is 7.22. The molecule has 0 bridgehead atoms. The highest BCUT2D eigenvalue weighted by Crippen LogP contribution is 2.20. The van der Waals surface area contributed by atoms with Crippen LogP contribution in [0.1, 0.15) is 32.6 Å². The molecule has 0 saturated heterocycles. The lowest BCUT2D eigenvalue weighted by Gasteiger charge is -2.23. The van der Waals surface area contributed by atoms with Gasteiger partial charge in [-0.05, 0) is 43.8 Å². The molecule has 0 aliphatic heterocycles. The van der Waals surface area contributed by atoms with Gasteiger partial charge in [0.2, 0.25) is 0 Å². The van der Waals surface area contributed by atoms with Crippen LogP contribution in [0.25, 0.3) is 0 Å². The van der Waals surface area contributed by atoms with Crippen LogP contribution in [-0.4, -0.2) is 15.2 Å². The molecule has 0 N–H and O–H groups in total. The Balaban J connectivity index is 2.32. The molecule has 0 radical (unpaired) electrons. The molecule has 1 rings (SSSR count). The van der Waals surface area contributed by atoms with Gasteiger partial charge >= 0.3 is 8.56 Å². The molecule has 0 amide bonds. The minimum absolute atomic E-state index is 0.815. The van der Waals surface area contributed by atoms with Gasteiger partial charge in [0.25, 0.3) is 0 Å². The lowest BCUT2D eigenvalue weighted by atomic mass is 10.2. The molecule has 0 spiro atoms. The van der Waals surface area contributed by atoms with Gasteiger partial charge < -0.3 is 8.85 Å². The van der Waals surface area contributed by atoms with Gasteiger partial charge in [0.1, 0.15) is 5.75 Å². The van der Waals surface area contributed by atoms with Gasteiger partial charge in [0, 0.05) is 11.1 Å². The fraction of sp³-hybridized carbons (Fsp3) is 0.571. The lowest BCUT2D eigenvalue weighted by Crippen LogP contribution is -2.38. The van der Waals surface area contributed by atoms with E-state index in [1.54, 1.807) is 0 Å². The third-order valence-corrected chi connectivity index (χ3v) is 4.78. The summed E-state index contributed by atoms with van der Waals surface area (Å²) in [6.07, 6.45) is 4.93. The van der Waals surface area contributed by atoms with Crippen LogP contribution in [0.5, 0.6) is 5.75 Å². The van der Waals surface area contributed by atoms with Gasteiger partial charge in [0.15, 0.2) is 0 Å². The Hall–Kier alpha value is -0.323. The predicted octanol–water partition coefficient (Wildman–Crippen LogP) is 5.13. The summed E-state index contributed by atoms with van der Waals surface area (Å²) in [5, 5.41) is 0. The van der Waals surface area contributed by atoms with Crippen molar-refractivity contribution in [1.82, 2.24) is 0 Å². The number of hydrogen-bond acceptors (Lipinski definition) is 2. The molecule has 18 heavy (non-hydrogen) atoms. The van der Waals surface area contributed by atoms with E-state index in [2.05, 4.69) is 35.9 Å². The van der Waals surface area contributed by atoms with E-state index in [1.165, 1.54) is 19.3 Å². The van der Waals surface area contributed by atoms with Gasteiger partial charge in [-0.1, -0.05) is 42.1 Å². The third-order valence-electron chi connectivity index (χ3n) is 2.62. The Kier molecular flexibility index (Phi) is 6.97. The summed E-state index contributed by atoms with van der Waals surface area (Å²) >= 11 is 3.42. The van der Waals surface area contributed by atoms with E-state index in [0.29, 0.717) is 0 Å². The summed E-state index contributed by atoms with van der Waals surface area (Å²) in [7, 11) is -2.04. The van der Waals surface area contributed by atoms with E-state index in [9.17, 15) is 0 Å². The molecule has 4 heteroatoms. The van der Waals surface area contributed by atoms with Gasteiger partial charge in [0.05, 0.1) is 0 Å². The van der Waals surface area contributed by atoms with E-state index in [1.807, 2.05) is 24.3 Å². The Morgan fingerprint density at radius 2 is 1.72 bits per heavy atom. The Morgan fingerprint density at radius 3 is 2.33 bits per heavy atom. The molecule has 0 fully saturated rings. The first kappa shape index (κ1) is 15.7. The molecule has 0 aromatic heterocycles.